The monoisotopic (exact) mass is 450 g/mol. The number of carbonyl (C=O) groups excluding carboxylic acids is 1. The molecule has 0 saturated carbocycles. The second kappa shape index (κ2) is 9.50. The Morgan fingerprint density at radius 1 is 1.16 bits per heavy atom. The van der Waals surface area contributed by atoms with Gasteiger partial charge in [-0.1, -0.05) is 30.3 Å². The maximum Gasteiger partial charge on any atom is 0.345 e. The summed E-state index contributed by atoms with van der Waals surface area (Å²) in [6.07, 6.45) is 1.12. The number of aromatic nitrogens is 2. The first kappa shape index (κ1) is 21.3. The van der Waals surface area contributed by atoms with Crippen molar-refractivity contribution in [1.29, 1.82) is 0 Å². The number of hydrogen-bond donors (Lipinski definition) is 1. The van der Waals surface area contributed by atoms with Crippen molar-refractivity contribution in [2.75, 3.05) is 25.6 Å². The van der Waals surface area contributed by atoms with Crippen LogP contribution in [0.2, 0.25) is 0 Å². The van der Waals surface area contributed by atoms with E-state index in [1.165, 1.54) is 0 Å². The Balaban J connectivity index is 1.74. The van der Waals surface area contributed by atoms with Crippen LogP contribution in [0.25, 0.3) is 22.2 Å². The zero-order valence-electron chi connectivity index (χ0n) is 17.0. The Morgan fingerprint density at radius 2 is 1.97 bits per heavy atom. The van der Waals surface area contributed by atoms with E-state index in [4.69, 9.17) is 14.5 Å². The molecule has 0 atom stereocenters. The Bertz CT molecular complexity index is 1280. The van der Waals surface area contributed by atoms with Gasteiger partial charge in [0, 0.05) is 24.1 Å². The second-order valence-corrected chi connectivity index (χ2v) is 7.67. The van der Waals surface area contributed by atoms with E-state index in [0.29, 0.717) is 41.1 Å². The molecule has 0 radical (unpaired) electrons. The highest BCUT2D eigenvalue weighted by Gasteiger charge is 2.18. The molecule has 1 N–H and O–H groups in total. The van der Waals surface area contributed by atoms with Gasteiger partial charge in [-0.2, -0.15) is 0 Å². The molecule has 32 heavy (non-hydrogen) atoms. The highest BCUT2D eigenvalue weighted by molar-refractivity contribution is 7.18. The van der Waals surface area contributed by atoms with Gasteiger partial charge in [0.15, 0.2) is 5.13 Å². The largest absolute Gasteiger partial charge is 0.491 e. The van der Waals surface area contributed by atoms with Crippen molar-refractivity contribution < 1.29 is 19.2 Å². The lowest BCUT2D eigenvalue weighted by Gasteiger charge is -2.11. The van der Waals surface area contributed by atoms with Gasteiger partial charge >= 0.3 is 5.00 Å². The van der Waals surface area contributed by atoms with Crippen LogP contribution in [-0.2, 0) is 4.74 Å². The summed E-state index contributed by atoms with van der Waals surface area (Å²) in [4.78, 5) is 32.1. The molecule has 2 heterocycles. The number of anilines is 1. The van der Waals surface area contributed by atoms with Crippen LogP contribution in [-0.4, -0.2) is 41.1 Å². The topological polar surface area (TPSA) is 116 Å². The zero-order valence-corrected chi connectivity index (χ0v) is 17.8. The van der Waals surface area contributed by atoms with E-state index in [-0.39, 0.29) is 10.1 Å². The summed E-state index contributed by atoms with van der Waals surface area (Å²) >= 11 is 0.794. The number of ether oxygens (including phenoxy) is 2. The van der Waals surface area contributed by atoms with E-state index in [9.17, 15) is 14.9 Å². The van der Waals surface area contributed by atoms with Gasteiger partial charge in [-0.3, -0.25) is 20.2 Å². The number of thiazole rings is 1. The third-order valence-electron chi connectivity index (χ3n) is 4.55. The summed E-state index contributed by atoms with van der Waals surface area (Å²) in [6.45, 7) is 0.833. The molecule has 9 nitrogen and oxygen atoms in total. The molecule has 0 spiro atoms. The third kappa shape index (κ3) is 4.71. The smallest absolute Gasteiger partial charge is 0.345 e. The molecule has 2 aromatic carbocycles. The quantitative estimate of drug-likeness (QED) is 0.238. The first-order valence-electron chi connectivity index (χ1n) is 9.58. The second-order valence-electron chi connectivity index (χ2n) is 6.66. The molecule has 0 aliphatic heterocycles. The lowest BCUT2D eigenvalue weighted by Crippen LogP contribution is -2.13. The number of hydrogen-bond acceptors (Lipinski definition) is 8. The molecule has 2 aromatic heterocycles. The molecule has 0 aliphatic carbocycles. The number of pyridine rings is 1. The van der Waals surface area contributed by atoms with Gasteiger partial charge in [0.2, 0.25) is 0 Å². The maximum absolute atomic E-state index is 13.1. The fraction of sp³-hybridized carbons (Fsp3) is 0.136. The van der Waals surface area contributed by atoms with Gasteiger partial charge in [0.05, 0.1) is 28.3 Å². The standard InChI is InChI=1S/C22H18N4O5S/c1-30-9-10-31-15-7-8-16-17(21(27)25-22-23-13-20(32-22)26(28)29)12-18(24-19(16)11-15)14-5-3-2-4-6-14/h2-8,11-13H,9-10H2,1H3,(H,23,25,27). The summed E-state index contributed by atoms with van der Waals surface area (Å²) in [6, 6.07) is 16.5. The van der Waals surface area contributed by atoms with Gasteiger partial charge in [-0.05, 0) is 29.5 Å². The maximum atomic E-state index is 13.1. The van der Waals surface area contributed by atoms with E-state index in [0.717, 1.165) is 23.1 Å². The van der Waals surface area contributed by atoms with Crippen molar-refractivity contribution in [3.8, 4) is 17.0 Å². The van der Waals surface area contributed by atoms with Crippen LogP contribution in [0.4, 0.5) is 10.1 Å². The fourth-order valence-electron chi connectivity index (χ4n) is 3.06. The van der Waals surface area contributed by atoms with Gasteiger partial charge in [-0.25, -0.2) is 9.97 Å². The Hall–Kier alpha value is -3.89. The Kier molecular flexibility index (Phi) is 6.34. The van der Waals surface area contributed by atoms with Crippen LogP contribution in [0.1, 0.15) is 10.4 Å². The number of rotatable bonds is 8. The molecular formula is C22H18N4O5S. The molecule has 162 valence electrons. The van der Waals surface area contributed by atoms with Crippen LogP contribution >= 0.6 is 11.3 Å². The van der Waals surface area contributed by atoms with E-state index in [1.54, 1.807) is 31.4 Å². The number of methoxy groups -OCH3 is 1. The highest BCUT2D eigenvalue weighted by Crippen LogP contribution is 2.30. The van der Waals surface area contributed by atoms with Crippen molar-refractivity contribution >= 4 is 38.3 Å². The first-order chi connectivity index (χ1) is 15.5. The van der Waals surface area contributed by atoms with Crippen molar-refractivity contribution in [1.82, 2.24) is 9.97 Å². The summed E-state index contributed by atoms with van der Waals surface area (Å²) < 4.78 is 10.7. The fourth-order valence-corrected chi connectivity index (χ4v) is 3.68. The van der Waals surface area contributed by atoms with Crippen molar-refractivity contribution in [2.24, 2.45) is 0 Å². The Morgan fingerprint density at radius 3 is 2.69 bits per heavy atom. The number of nitro groups is 1. The van der Waals surface area contributed by atoms with E-state index in [1.807, 2.05) is 30.3 Å². The minimum atomic E-state index is -0.548. The molecule has 0 aliphatic rings. The summed E-state index contributed by atoms with van der Waals surface area (Å²) in [5.41, 5.74) is 2.41. The molecule has 4 rings (SSSR count). The van der Waals surface area contributed by atoms with Gasteiger partial charge in [0.25, 0.3) is 5.91 Å². The van der Waals surface area contributed by atoms with Gasteiger partial charge < -0.3 is 9.47 Å². The molecule has 0 saturated heterocycles. The van der Waals surface area contributed by atoms with Gasteiger partial charge in [-0.15, -0.1) is 0 Å². The molecule has 0 bridgehead atoms. The lowest BCUT2D eigenvalue weighted by atomic mass is 10.0. The van der Waals surface area contributed by atoms with Crippen LogP contribution in [0.3, 0.4) is 0 Å². The average molecular weight is 450 g/mol. The minimum absolute atomic E-state index is 0.146. The van der Waals surface area contributed by atoms with Crippen LogP contribution < -0.4 is 10.1 Å². The Labute approximate surface area is 186 Å². The number of benzene rings is 2. The van der Waals surface area contributed by atoms with E-state index in [2.05, 4.69) is 10.3 Å². The van der Waals surface area contributed by atoms with E-state index < -0.39 is 10.8 Å². The molecule has 0 fully saturated rings. The first-order valence-corrected chi connectivity index (χ1v) is 10.4. The number of nitrogens with zero attached hydrogens (tertiary/aromatic N) is 3. The van der Waals surface area contributed by atoms with Crippen molar-refractivity contribution in [2.45, 2.75) is 0 Å². The number of amides is 1. The van der Waals surface area contributed by atoms with Crippen LogP contribution in [0, 0.1) is 10.1 Å². The predicted molar refractivity (Wildman–Crippen MR) is 121 cm³/mol. The third-order valence-corrected chi connectivity index (χ3v) is 5.41. The number of fused-ring (bicyclic) bond motifs is 1. The van der Waals surface area contributed by atoms with Crippen molar-refractivity contribution in [3.05, 3.63) is 76.5 Å². The highest BCUT2D eigenvalue weighted by atomic mass is 32.1. The SMILES string of the molecule is COCCOc1ccc2c(C(=O)Nc3ncc([N+](=O)[O-])s3)cc(-c3ccccc3)nc2c1. The van der Waals surface area contributed by atoms with Gasteiger partial charge in [0.1, 0.15) is 18.6 Å². The minimum Gasteiger partial charge on any atom is -0.491 e. The summed E-state index contributed by atoms with van der Waals surface area (Å²) in [5, 5.41) is 14.2. The number of nitrogens with one attached hydrogen (secondary N) is 1. The molecule has 4 aromatic rings. The van der Waals surface area contributed by atoms with Crippen LogP contribution in [0.15, 0.2) is 60.8 Å². The molecule has 0 unspecified atom stereocenters. The van der Waals surface area contributed by atoms with Crippen LogP contribution in [0.5, 0.6) is 5.75 Å². The molecular weight excluding hydrogens is 432 g/mol. The average Bonchev–Trinajstić information content (AvgIpc) is 3.28. The summed E-state index contributed by atoms with van der Waals surface area (Å²) in [7, 11) is 1.60. The number of carbonyl (C=O) groups is 1. The predicted octanol–water partition coefficient (Wildman–Crippen LogP) is 4.54. The molecule has 10 heteroatoms. The van der Waals surface area contributed by atoms with E-state index >= 15 is 0 Å². The summed E-state index contributed by atoms with van der Waals surface area (Å²) in [5.74, 6) is 0.168. The zero-order chi connectivity index (χ0) is 22.5. The van der Waals surface area contributed by atoms with Crippen molar-refractivity contribution in [3.63, 3.8) is 0 Å². The lowest BCUT2D eigenvalue weighted by molar-refractivity contribution is -0.380. The molecule has 1 amide bonds. The normalized spacial score (nSPS) is 10.8.